The second-order valence-electron chi connectivity index (χ2n) is 7.63. The first-order chi connectivity index (χ1) is 15.5. The number of nitrogen functional groups attached to an aromatic ring is 1. The summed E-state index contributed by atoms with van der Waals surface area (Å²) in [5, 5.41) is 33.6. The molecule has 9 heteroatoms. The maximum Gasteiger partial charge on any atom is 0.143 e. The summed E-state index contributed by atoms with van der Waals surface area (Å²) >= 11 is 8.91. The number of benzene rings is 1. The fourth-order valence-electron chi connectivity index (χ4n) is 3.94. The van der Waals surface area contributed by atoms with Crippen LogP contribution in [0.3, 0.4) is 0 Å². The summed E-state index contributed by atoms with van der Waals surface area (Å²) in [6.45, 7) is 0. The predicted molar refractivity (Wildman–Crippen MR) is 127 cm³/mol. The highest BCUT2D eigenvalue weighted by Gasteiger charge is 2.29. The summed E-state index contributed by atoms with van der Waals surface area (Å²) in [5.74, 6) is 0.693. The number of aromatic nitrogens is 2. The minimum atomic E-state index is -0.324. The normalized spacial score (nSPS) is 18.1. The van der Waals surface area contributed by atoms with Gasteiger partial charge in [0, 0.05) is 21.7 Å². The summed E-state index contributed by atoms with van der Waals surface area (Å²) in [7, 11) is 0. The molecule has 6 nitrogen and oxygen atoms in total. The minimum Gasteiger partial charge on any atom is -0.393 e. The second-order valence-corrected chi connectivity index (χ2v) is 9.89. The Morgan fingerprint density at radius 2 is 1.78 bits per heavy atom. The Balaban J connectivity index is 1.60. The van der Waals surface area contributed by atoms with Crippen molar-refractivity contribution >= 4 is 40.5 Å². The van der Waals surface area contributed by atoms with Crippen LogP contribution in [0.15, 0.2) is 34.7 Å². The van der Waals surface area contributed by atoms with E-state index in [1.165, 1.54) is 11.8 Å². The molecule has 0 atom stereocenters. The van der Waals surface area contributed by atoms with Gasteiger partial charge in [-0.05, 0) is 49.3 Å². The number of hydrogen-bond donors (Lipinski definition) is 2. The lowest BCUT2D eigenvalue weighted by atomic mass is 9.79. The molecule has 1 saturated carbocycles. The SMILES string of the molecule is N#Cc1c(N)nc(SCc2csc(-c3ccc(Cl)cc3)n2)c(C#N)c1[C@H]1CC[C@H](O)CC1. The number of aliphatic hydroxyl groups excluding tert-OH is 1. The fourth-order valence-corrected chi connectivity index (χ4v) is 5.90. The Bertz CT molecular complexity index is 1200. The standard InChI is InChI=1S/C23H20ClN5OS2/c24-15-5-1-14(2-6-15)22-28-16(11-31-22)12-32-23-19(10-26)20(18(9-25)21(27)29-23)13-3-7-17(30)8-4-13/h1-2,5-6,11,13,17,30H,3-4,7-8,12H2,(H2,27,29)/t13-,17-. The minimum absolute atomic E-state index is 0.0168. The van der Waals surface area contributed by atoms with Gasteiger partial charge >= 0.3 is 0 Å². The fraction of sp³-hybridized carbons (Fsp3) is 0.304. The molecule has 32 heavy (non-hydrogen) atoms. The molecule has 0 saturated heterocycles. The number of anilines is 1. The summed E-state index contributed by atoms with van der Waals surface area (Å²) in [6, 6.07) is 11.9. The van der Waals surface area contributed by atoms with Crippen molar-refractivity contribution in [2.75, 3.05) is 5.73 Å². The van der Waals surface area contributed by atoms with Crippen LogP contribution in [-0.2, 0) is 5.75 Å². The molecule has 1 aliphatic rings. The lowest BCUT2D eigenvalue weighted by Gasteiger charge is -2.27. The van der Waals surface area contributed by atoms with Gasteiger partial charge in [-0.25, -0.2) is 9.97 Å². The molecule has 0 aliphatic heterocycles. The number of nitriles is 2. The van der Waals surface area contributed by atoms with Gasteiger partial charge in [-0.15, -0.1) is 11.3 Å². The maximum atomic E-state index is 9.94. The van der Waals surface area contributed by atoms with E-state index in [1.54, 1.807) is 11.3 Å². The molecule has 3 aromatic rings. The molecule has 0 spiro atoms. The summed E-state index contributed by atoms with van der Waals surface area (Å²) in [6.07, 6.45) is 2.41. The van der Waals surface area contributed by atoms with Gasteiger partial charge in [0.05, 0.1) is 22.9 Å². The van der Waals surface area contributed by atoms with E-state index in [9.17, 15) is 15.6 Å². The molecule has 0 amide bonds. The third-order valence-corrected chi connectivity index (χ3v) is 7.76. The lowest BCUT2D eigenvalue weighted by Crippen LogP contribution is -2.19. The molecule has 3 N–H and O–H groups in total. The first-order valence-electron chi connectivity index (χ1n) is 10.1. The van der Waals surface area contributed by atoms with Crippen LogP contribution in [0.4, 0.5) is 5.82 Å². The largest absolute Gasteiger partial charge is 0.393 e. The molecule has 2 aromatic heterocycles. The Kier molecular flexibility index (Phi) is 6.98. The molecule has 0 radical (unpaired) electrons. The van der Waals surface area contributed by atoms with E-state index in [1.807, 2.05) is 29.6 Å². The van der Waals surface area contributed by atoms with Crippen LogP contribution in [0, 0.1) is 22.7 Å². The Labute approximate surface area is 199 Å². The average Bonchev–Trinajstić information content (AvgIpc) is 3.27. The average molecular weight is 482 g/mol. The quantitative estimate of drug-likeness (QED) is 0.462. The first kappa shape index (κ1) is 22.6. The van der Waals surface area contributed by atoms with Crippen molar-refractivity contribution in [2.24, 2.45) is 0 Å². The molecule has 4 rings (SSSR count). The van der Waals surface area contributed by atoms with E-state index < -0.39 is 0 Å². The number of aliphatic hydroxyl groups is 1. The maximum absolute atomic E-state index is 9.94. The van der Waals surface area contributed by atoms with Crippen LogP contribution >= 0.6 is 34.7 Å². The predicted octanol–water partition coefficient (Wildman–Crippen LogP) is 5.49. The third kappa shape index (κ3) is 4.74. The highest BCUT2D eigenvalue weighted by Crippen LogP contribution is 2.41. The van der Waals surface area contributed by atoms with Crippen LogP contribution in [-0.4, -0.2) is 21.2 Å². The smallest absolute Gasteiger partial charge is 0.143 e. The molecular weight excluding hydrogens is 462 g/mol. The number of rotatable bonds is 5. The number of pyridine rings is 1. The Morgan fingerprint density at radius 3 is 2.44 bits per heavy atom. The van der Waals surface area contributed by atoms with Crippen LogP contribution in [0.5, 0.6) is 0 Å². The number of nitrogens with two attached hydrogens (primary N) is 1. The molecule has 1 fully saturated rings. The van der Waals surface area contributed by atoms with E-state index in [2.05, 4.69) is 17.1 Å². The van der Waals surface area contributed by atoms with Crippen LogP contribution in [0.25, 0.3) is 10.6 Å². The Hall–Kier alpha value is -2.62. The zero-order valence-electron chi connectivity index (χ0n) is 17.1. The van der Waals surface area contributed by atoms with Gasteiger partial charge in [0.15, 0.2) is 0 Å². The van der Waals surface area contributed by atoms with E-state index >= 15 is 0 Å². The summed E-state index contributed by atoms with van der Waals surface area (Å²) in [5.41, 5.74) is 9.37. The first-order valence-corrected chi connectivity index (χ1v) is 12.4. The van der Waals surface area contributed by atoms with Crippen LogP contribution in [0.2, 0.25) is 5.02 Å². The van der Waals surface area contributed by atoms with Gasteiger partial charge in [0.1, 0.15) is 28.0 Å². The number of thioether (sulfide) groups is 1. The van der Waals surface area contributed by atoms with E-state index in [0.717, 1.165) is 16.3 Å². The molecule has 1 aliphatic carbocycles. The monoisotopic (exact) mass is 481 g/mol. The van der Waals surface area contributed by atoms with E-state index in [-0.39, 0.29) is 23.4 Å². The van der Waals surface area contributed by atoms with Crippen molar-refractivity contribution in [3.05, 3.63) is 57.1 Å². The molecule has 162 valence electrons. The summed E-state index contributed by atoms with van der Waals surface area (Å²) < 4.78 is 0. The number of thiazole rings is 1. The van der Waals surface area contributed by atoms with Crippen molar-refractivity contribution < 1.29 is 5.11 Å². The third-order valence-electron chi connectivity index (χ3n) is 5.56. The van der Waals surface area contributed by atoms with Gasteiger partial charge in [0.2, 0.25) is 0 Å². The van der Waals surface area contributed by atoms with Crippen molar-refractivity contribution in [1.29, 1.82) is 10.5 Å². The highest BCUT2D eigenvalue weighted by molar-refractivity contribution is 7.98. The molecule has 0 bridgehead atoms. The van der Waals surface area contributed by atoms with E-state index in [0.29, 0.717) is 52.6 Å². The zero-order valence-corrected chi connectivity index (χ0v) is 19.5. The topological polar surface area (TPSA) is 120 Å². The lowest BCUT2D eigenvalue weighted by molar-refractivity contribution is 0.122. The molecule has 0 unspecified atom stereocenters. The van der Waals surface area contributed by atoms with Gasteiger partial charge in [-0.1, -0.05) is 35.5 Å². The molecule has 2 heterocycles. The van der Waals surface area contributed by atoms with Crippen molar-refractivity contribution in [3.8, 4) is 22.7 Å². The summed E-state index contributed by atoms with van der Waals surface area (Å²) in [4.78, 5) is 9.07. The van der Waals surface area contributed by atoms with Gasteiger partial charge in [-0.2, -0.15) is 10.5 Å². The highest BCUT2D eigenvalue weighted by atomic mass is 35.5. The Morgan fingerprint density at radius 1 is 1.09 bits per heavy atom. The molecule has 1 aromatic carbocycles. The van der Waals surface area contributed by atoms with Gasteiger partial charge < -0.3 is 10.8 Å². The number of halogens is 1. The van der Waals surface area contributed by atoms with Gasteiger partial charge in [0.25, 0.3) is 0 Å². The number of nitrogens with zero attached hydrogens (tertiary/aromatic N) is 4. The zero-order chi connectivity index (χ0) is 22.7. The van der Waals surface area contributed by atoms with Crippen molar-refractivity contribution in [2.45, 2.75) is 48.5 Å². The molecular formula is C23H20ClN5OS2. The van der Waals surface area contributed by atoms with Crippen LogP contribution < -0.4 is 5.73 Å². The van der Waals surface area contributed by atoms with Crippen LogP contribution in [0.1, 0.15) is 54.0 Å². The second kappa shape index (κ2) is 9.89. The number of hydrogen-bond acceptors (Lipinski definition) is 8. The van der Waals surface area contributed by atoms with Crippen molar-refractivity contribution in [1.82, 2.24) is 9.97 Å². The van der Waals surface area contributed by atoms with Gasteiger partial charge in [-0.3, -0.25) is 0 Å². The van der Waals surface area contributed by atoms with E-state index in [4.69, 9.17) is 22.3 Å². The van der Waals surface area contributed by atoms with Crippen molar-refractivity contribution in [3.63, 3.8) is 0 Å².